The summed E-state index contributed by atoms with van der Waals surface area (Å²) in [5.41, 5.74) is 1.54. The Morgan fingerprint density at radius 1 is 1.57 bits per heavy atom. The van der Waals surface area contributed by atoms with Crippen LogP contribution in [0.4, 0.5) is 0 Å². The molecule has 14 heavy (non-hydrogen) atoms. The van der Waals surface area contributed by atoms with Crippen LogP contribution in [0.25, 0.3) is 6.08 Å². The van der Waals surface area contributed by atoms with Crippen molar-refractivity contribution in [3.63, 3.8) is 0 Å². The number of esters is 1. The highest BCUT2D eigenvalue weighted by molar-refractivity contribution is 7.80. The Morgan fingerprint density at radius 2 is 2.36 bits per heavy atom. The van der Waals surface area contributed by atoms with Crippen LogP contribution < -0.4 is 0 Å². The summed E-state index contributed by atoms with van der Waals surface area (Å²) in [4.78, 5) is 11.2. The molecule has 74 valence electrons. The molecule has 0 aliphatic rings. The van der Waals surface area contributed by atoms with Gasteiger partial charge in [-0.25, -0.2) is 4.79 Å². The predicted octanol–water partition coefficient (Wildman–Crippen LogP) is 2.42. The number of thiol groups is 1. The molecule has 0 aliphatic carbocycles. The highest BCUT2D eigenvalue weighted by atomic mass is 32.1. The van der Waals surface area contributed by atoms with Crippen molar-refractivity contribution in [2.75, 3.05) is 12.9 Å². The fourth-order valence-electron chi connectivity index (χ4n) is 1.08. The topological polar surface area (TPSA) is 26.3 Å². The summed E-state index contributed by atoms with van der Waals surface area (Å²) < 4.78 is 4.62. The maximum Gasteiger partial charge on any atom is 0.337 e. The summed E-state index contributed by atoms with van der Waals surface area (Å²) in [6.07, 6.45) is 3.83. The minimum absolute atomic E-state index is 0.314. The van der Waals surface area contributed by atoms with Gasteiger partial charge in [0.15, 0.2) is 0 Å². The zero-order chi connectivity index (χ0) is 10.4. The third-order valence-corrected chi connectivity index (χ3v) is 1.93. The molecular formula is C11H12O2S. The lowest BCUT2D eigenvalue weighted by atomic mass is 10.1. The molecule has 0 amide bonds. The monoisotopic (exact) mass is 208 g/mol. The van der Waals surface area contributed by atoms with E-state index >= 15 is 0 Å². The summed E-state index contributed by atoms with van der Waals surface area (Å²) in [6, 6.07) is 7.26. The van der Waals surface area contributed by atoms with Gasteiger partial charge < -0.3 is 4.74 Å². The molecular weight excluding hydrogens is 196 g/mol. The maximum absolute atomic E-state index is 11.2. The van der Waals surface area contributed by atoms with Crippen molar-refractivity contribution in [1.82, 2.24) is 0 Å². The van der Waals surface area contributed by atoms with Gasteiger partial charge in [-0.3, -0.25) is 0 Å². The standard InChI is InChI=1S/C11H12O2S/c1-13-11(12)10-6-2-4-9(8-10)5-3-7-14/h2-6,8,14H,7H2,1H3. The first-order valence-corrected chi connectivity index (χ1v) is 4.87. The van der Waals surface area contributed by atoms with Gasteiger partial charge in [-0.2, -0.15) is 12.6 Å². The smallest absolute Gasteiger partial charge is 0.337 e. The number of hydrogen-bond acceptors (Lipinski definition) is 3. The van der Waals surface area contributed by atoms with Gasteiger partial charge in [0.1, 0.15) is 0 Å². The molecule has 0 fully saturated rings. The number of rotatable bonds is 3. The van der Waals surface area contributed by atoms with E-state index in [9.17, 15) is 4.79 Å². The lowest BCUT2D eigenvalue weighted by molar-refractivity contribution is 0.0600. The number of hydrogen-bond donors (Lipinski definition) is 1. The molecule has 0 heterocycles. The van der Waals surface area contributed by atoms with Gasteiger partial charge in [0.2, 0.25) is 0 Å². The molecule has 1 aromatic carbocycles. The minimum Gasteiger partial charge on any atom is -0.465 e. The van der Waals surface area contributed by atoms with Gasteiger partial charge in [-0.15, -0.1) is 0 Å². The van der Waals surface area contributed by atoms with Gasteiger partial charge in [-0.05, 0) is 17.7 Å². The van der Waals surface area contributed by atoms with Gasteiger partial charge in [0, 0.05) is 5.75 Å². The number of carbonyl (C=O) groups is 1. The van der Waals surface area contributed by atoms with Crippen LogP contribution in [0.5, 0.6) is 0 Å². The van der Waals surface area contributed by atoms with E-state index in [-0.39, 0.29) is 5.97 Å². The quantitative estimate of drug-likeness (QED) is 0.610. The van der Waals surface area contributed by atoms with E-state index in [0.29, 0.717) is 11.3 Å². The molecule has 0 bridgehead atoms. The first-order chi connectivity index (χ1) is 6.77. The molecule has 2 nitrogen and oxygen atoms in total. The molecule has 0 saturated carbocycles. The largest absolute Gasteiger partial charge is 0.465 e. The van der Waals surface area contributed by atoms with Crippen molar-refractivity contribution in [2.45, 2.75) is 0 Å². The molecule has 3 heteroatoms. The zero-order valence-corrected chi connectivity index (χ0v) is 8.83. The fraction of sp³-hybridized carbons (Fsp3) is 0.182. The van der Waals surface area contributed by atoms with Crippen LogP contribution in [0.2, 0.25) is 0 Å². The summed E-state index contributed by atoms with van der Waals surface area (Å²) in [5.74, 6) is 0.369. The third-order valence-electron chi connectivity index (χ3n) is 1.72. The van der Waals surface area contributed by atoms with Crippen molar-refractivity contribution in [1.29, 1.82) is 0 Å². The third kappa shape index (κ3) is 2.92. The van der Waals surface area contributed by atoms with Crippen molar-refractivity contribution in [3.8, 4) is 0 Å². The molecule has 0 N–H and O–H groups in total. The van der Waals surface area contributed by atoms with Gasteiger partial charge in [-0.1, -0.05) is 24.3 Å². The van der Waals surface area contributed by atoms with Crippen LogP contribution in [0.3, 0.4) is 0 Å². The van der Waals surface area contributed by atoms with E-state index < -0.39 is 0 Å². The van der Waals surface area contributed by atoms with E-state index in [1.54, 1.807) is 12.1 Å². The van der Waals surface area contributed by atoms with Crippen LogP contribution in [0.1, 0.15) is 15.9 Å². The first kappa shape index (κ1) is 10.9. The molecule has 0 aromatic heterocycles. The summed E-state index contributed by atoms with van der Waals surface area (Å²) in [7, 11) is 1.37. The Bertz CT molecular complexity index is 345. The highest BCUT2D eigenvalue weighted by Crippen LogP contribution is 2.08. The normalized spacial score (nSPS) is 10.4. The van der Waals surface area contributed by atoms with Crippen molar-refractivity contribution in [3.05, 3.63) is 41.5 Å². The molecule has 0 unspecified atom stereocenters. The first-order valence-electron chi connectivity index (χ1n) is 4.23. The Labute approximate surface area is 89.0 Å². The van der Waals surface area contributed by atoms with Crippen LogP contribution in [0.15, 0.2) is 30.3 Å². The van der Waals surface area contributed by atoms with Crippen LogP contribution >= 0.6 is 12.6 Å². The lowest BCUT2D eigenvalue weighted by Gasteiger charge is -1.99. The molecule has 0 atom stereocenters. The Balaban J connectivity index is 2.89. The summed E-state index contributed by atoms with van der Waals surface area (Å²) in [6.45, 7) is 0. The maximum atomic E-state index is 11.2. The molecule has 0 saturated heterocycles. The summed E-state index contributed by atoms with van der Waals surface area (Å²) >= 11 is 4.06. The predicted molar refractivity (Wildman–Crippen MR) is 60.7 cm³/mol. The SMILES string of the molecule is COC(=O)c1cccc(C=CCS)c1. The van der Waals surface area contributed by atoms with E-state index in [0.717, 1.165) is 5.56 Å². The Hall–Kier alpha value is -1.22. The number of benzene rings is 1. The van der Waals surface area contributed by atoms with E-state index in [1.165, 1.54) is 7.11 Å². The fourth-order valence-corrected chi connectivity index (χ4v) is 1.18. The van der Waals surface area contributed by atoms with Crippen molar-refractivity contribution < 1.29 is 9.53 Å². The van der Waals surface area contributed by atoms with E-state index in [2.05, 4.69) is 17.4 Å². The van der Waals surface area contributed by atoms with Gasteiger partial charge in [0.05, 0.1) is 12.7 Å². The molecule has 0 radical (unpaired) electrons. The number of carbonyl (C=O) groups excluding carboxylic acids is 1. The lowest BCUT2D eigenvalue weighted by Crippen LogP contribution is -2.00. The van der Waals surface area contributed by atoms with Gasteiger partial charge >= 0.3 is 5.97 Å². The van der Waals surface area contributed by atoms with Crippen LogP contribution in [-0.2, 0) is 4.74 Å². The average molecular weight is 208 g/mol. The summed E-state index contributed by atoms with van der Waals surface area (Å²) in [5, 5.41) is 0. The average Bonchev–Trinajstić information content (AvgIpc) is 2.25. The van der Waals surface area contributed by atoms with Crippen molar-refractivity contribution >= 4 is 24.7 Å². The highest BCUT2D eigenvalue weighted by Gasteiger charge is 2.03. The van der Waals surface area contributed by atoms with Crippen LogP contribution in [0, 0.1) is 0 Å². The van der Waals surface area contributed by atoms with E-state index in [1.807, 2.05) is 24.3 Å². The second-order valence-electron chi connectivity index (χ2n) is 2.70. The Morgan fingerprint density at radius 3 is 3.00 bits per heavy atom. The number of methoxy groups -OCH3 is 1. The van der Waals surface area contributed by atoms with Crippen molar-refractivity contribution in [2.24, 2.45) is 0 Å². The molecule has 0 aliphatic heterocycles. The second kappa shape index (κ2) is 5.50. The Kier molecular flexibility index (Phi) is 4.26. The minimum atomic E-state index is -0.314. The molecule has 0 spiro atoms. The molecule has 1 aromatic rings. The van der Waals surface area contributed by atoms with Crippen LogP contribution in [-0.4, -0.2) is 18.8 Å². The number of ether oxygens (including phenoxy) is 1. The van der Waals surface area contributed by atoms with E-state index in [4.69, 9.17) is 0 Å². The zero-order valence-electron chi connectivity index (χ0n) is 7.93. The van der Waals surface area contributed by atoms with Gasteiger partial charge in [0.25, 0.3) is 0 Å². The second-order valence-corrected chi connectivity index (χ2v) is 3.07. The molecule has 1 rings (SSSR count).